The average molecular weight is 287 g/mol. The molecule has 1 heterocycles. The summed E-state index contributed by atoms with van der Waals surface area (Å²) in [5.41, 5.74) is 1.26. The topological polar surface area (TPSA) is 50.2 Å². The van der Waals surface area contributed by atoms with E-state index in [1.165, 1.54) is 17.6 Å². The number of halogens is 3. The minimum Gasteiger partial charge on any atom is -0.481 e. The summed E-state index contributed by atoms with van der Waals surface area (Å²) in [6, 6.07) is 4.77. The standard InChI is InChI=1S/C12H8F3NO2S/c13-12(14,15)8-3-1-2-7(4-8)11-9(5-10(17)18)16-6-19-11/h1-4,6H,5H2,(H,17,18). The summed E-state index contributed by atoms with van der Waals surface area (Å²) < 4.78 is 37.8. The smallest absolute Gasteiger partial charge is 0.416 e. The quantitative estimate of drug-likeness (QED) is 0.940. The van der Waals surface area contributed by atoms with E-state index in [2.05, 4.69) is 4.98 Å². The second kappa shape index (κ2) is 5.00. The SMILES string of the molecule is O=C(O)Cc1ncsc1-c1cccc(C(F)(F)F)c1. The predicted octanol–water partition coefficient (Wildman–Crippen LogP) is 3.46. The third kappa shape index (κ3) is 3.11. The van der Waals surface area contributed by atoms with Gasteiger partial charge in [-0.15, -0.1) is 11.3 Å². The number of alkyl halides is 3. The van der Waals surface area contributed by atoms with Crippen molar-refractivity contribution in [2.75, 3.05) is 0 Å². The highest BCUT2D eigenvalue weighted by molar-refractivity contribution is 7.13. The van der Waals surface area contributed by atoms with Crippen molar-refractivity contribution in [3.8, 4) is 10.4 Å². The van der Waals surface area contributed by atoms with Crippen LogP contribution in [0, 0.1) is 0 Å². The normalized spacial score (nSPS) is 11.5. The second-order valence-electron chi connectivity index (χ2n) is 3.78. The van der Waals surface area contributed by atoms with E-state index in [0.717, 1.165) is 23.5 Å². The van der Waals surface area contributed by atoms with Gasteiger partial charge in [0.15, 0.2) is 0 Å². The number of carboxylic acids is 1. The fourth-order valence-corrected chi connectivity index (χ4v) is 2.42. The molecule has 0 bridgehead atoms. The number of hydrogen-bond acceptors (Lipinski definition) is 3. The molecule has 0 aliphatic carbocycles. The van der Waals surface area contributed by atoms with Crippen LogP contribution in [0.5, 0.6) is 0 Å². The van der Waals surface area contributed by atoms with Gasteiger partial charge in [0.1, 0.15) is 0 Å². The van der Waals surface area contributed by atoms with Gasteiger partial charge >= 0.3 is 12.1 Å². The van der Waals surface area contributed by atoms with Crippen molar-refractivity contribution in [1.82, 2.24) is 4.98 Å². The van der Waals surface area contributed by atoms with Crippen LogP contribution < -0.4 is 0 Å². The summed E-state index contributed by atoms with van der Waals surface area (Å²) in [5, 5.41) is 8.73. The first kappa shape index (κ1) is 13.5. The summed E-state index contributed by atoms with van der Waals surface area (Å²) in [4.78, 5) is 15.0. The van der Waals surface area contributed by atoms with Crippen LogP contribution in [0.3, 0.4) is 0 Å². The predicted molar refractivity (Wildman–Crippen MR) is 63.9 cm³/mol. The number of aliphatic carboxylic acids is 1. The fraction of sp³-hybridized carbons (Fsp3) is 0.167. The lowest BCUT2D eigenvalue weighted by molar-refractivity contribution is -0.138. The number of aromatic nitrogens is 1. The molecule has 0 aliphatic rings. The van der Waals surface area contributed by atoms with E-state index >= 15 is 0 Å². The lowest BCUT2D eigenvalue weighted by Crippen LogP contribution is -2.05. The molecular weight excluding hydrogens is 279 g/mol. The minimum atomic E-state index is -4.42. The van der Waals surface area contributed by atoms with Crippen LogP contribution in [-0.2, 0) is 17.4 Å². The van der Waals surface area contributed by atoms with Gasteiger partial charge in [-0.05, 0) is 17.7 Å². The zero-order valence-electron chi connectivity index (χ0n) is 9.44. The van der Waals surface area contributed by atoms with Crippen molar-refractivity contribution in [3.63, 3.8) is 0 Å². The largest absolute Gasteiger partial charge is 0.481 e. The van der Waals surface area contributed by atoms with Crippen LogP contribution in [0.1, 0.15) is 11.3 Å². The Morgan fingerprint density at radius 3 is 2.74 bits per heavy atom. The number of thiazole rings is 1. The summed E-state index contributed by atoms with van der Waals surface area (Å²) in [5.74, 6) is -1.07. The zero-order valence-corrected chi connectivity index (χ0v) is 10.3. The molecule has 0 radical (unpaired) electrons. The van der Waals surface area contributed by atoms with E-state index in [-0.39, 0.29) is 12.1 Å². The van der Waals surface area contributed by atoms with Crippen molar-refractivity contribution < 1.29 is 23.1 Å². The molecule has 0 spiro atoms. The molecule has 3 nitrogen and oxygen atoms in total. The van der Waals surface area contributed by atoms with E-state index in [4.69, 9.17) is 5.11 Å². The van der Waals surface area contributed by atoms with Crippen LogP contribution in [-0.4, -0.2) is 16.1 Å². The number of carboxylic acid groups (broad SMARTS) is 1. The molecule has 100 valence electrons. The van der Waals surface area contributed by atoms with Gasteiger partial charge in [0.25, 0.3) is 0 Å². The van der Waals surface area contributed by atoms with Gasteiger partial charge in [-0.1, -0.05) is 12.1 Å². The van der Waals surface area contributed by atoms with E-state index in [1.807, 2.05) is 0 Å². The van der Waals surface area contributed by atoms with E-state index < -0.39 is 17.7 Å². The molecule has 0 unspecified atom stereocenters. The molecule has 19 heavy (non-hydrogen) atoms. The highest BCUT2D eigenvalue weighted by Gasteiger charge is 2.30. The Labute approximate surface area is 110 Å². The van der Waals surface area contributed by atoms with E-state index in [0.29, 0.717) is 10.4 Å². The van der Waals surface area contributed by atoms with E-state index in [1.54, 1.807) is 0 Å². The molecule has 1 aromatic carbocycles. The summed E-state index contributed by atoms with van der Waals surface area (Å²) >= 11 is 1.12. The summed E-state index contributed by atoms with van der Waals surface area (Å²) in [6.45, 7) is 0. The number of benzene rings is 1. The maximum Gasteiger partial charge on any atom is 0.416 e. The van der Waals surface area contributed by atoms with Crippen molar-refractivity contribution in [2.24, 2.45) is 0 Å². The van der Waals surface area contributed by atoms with Crippen LogP contribution >= 0.6 is 11.3 Å². The lowest BCUT2D eigenvalue weighted by atomic mass is 10.1. The van der Waals surface area contributed by atoms with E-state index in [9.17, 15) is 18.0 Å². The van der Waals surface area contributed by atoms with Gasteiger partial charge < -0.3 is 5.11 Å². The highest BCUT2D eigenvalue weighted by Crippen LogP contribution is 2.34. The van der Waals surface area contributed by atoms with Crippen LogP contribution in [0.25, 0.3) is 10.4 Å². The van der Waals surface area contributed by atoms with Gasteiger partial charge in [0.2, 0.25) is 0 Å². The molecule has 1 aromatic heterocycles. The van der Waals surface area contributed by atoms with Gasteiger partial charge in [-0.25, -0.2) is 4.98 Å². The highest BCUT2D eigenvalue weighted by atomic mass is 32.1. The van der Waals surface area contributed by atoms with Gasteiger partial charge in [0.05, 0.1) is 28.1 Å². The van der Waals surface area contributed by atoms with Crippen LogP contribution in [0.2, 0.25) is 0 Å². The molecule has 2 rings (SSSR count). The number of hydrogen-bond donors (Lipinski definition) is 1. The molecule has 0 saturated carbocycles. The monoisotopic (exact) mass is 287 g/mol. The first-order valence-corrected chi connectivity index (χ1v) is 6.07. The number of rotatable bonds is 3. The molecule has 0 saturated heterocycles. The number of nitrogens with zero attached hydrogens (tertiary/aromatic N) is 1. The maximum absolute atomic E-state index is 12.6. The average Bonchev–Trinajstić information content (AvgIpc) is 2.75. The number of carbonyl (C=O) groups is 1. The Kier molecular flexibility index (Phi) is 3.57. The van der Waals surface area contributed by atoms with Crippen LogP contribution in [0.4, 0.5) is 13.2 Å². The fourth-order valence-electron chi connectivity index (χ4n) is 1.61. The zero-order chi connectivity index (χ0) is 14.0. The second-order valence-corrected chi connectivity index (χ2v) is 4.63. The third-order valence-corrected chi connectivity index (χ3v) is 3.33. The molecular formula is C12H8F3NO2S. The summed E-state index contributed by atoms with van der Waals surface area (Å²) in [7, 11) is 0. The minimum absolute atomic E-state index is 0.275. The Morgan fingerprint density at radius 2 is 2.11 bits per heavy atom. The molecule has 2 aromatic rings. The van der Waals surface area contributed by atoms with Crippen molar-refractivity contribution in [1.29, 1.82) is 0 Å². The molecule has 0 fully saturated rings. The van der Waals surface area contributed by atoms with Crippen LogP contribution in [0.15, 0.2) is 29.8 Å². The third-order valence-electron chi connectivity index (χ3n) is 2.41. The lowest BCUT2D eigenvalue weighted by Gasteiger charge is -2.08. The van der Waals surface area contributed by atoms with Gasteiger partial charge in [-0.3, -0.25) is 4.79 Å². The van der Waals surface area contributed by atoms with Gasteiger partial charge in [-0.2, -0.15) is 13.2 Å². The Balaban J connectivity index is 2.42. The van der Waals surface area contributed by atoms with Crippen molar-refractivity contribution in [3.05, 3.63) is 41.0 Å². The van der Waals surface area contributed by atoms with Crippen molar-refractivity contribution in [2.45, 2.75) is 12.6 Å². The summed E-state index contributed by atoms with van der Waals surface area (Å²) in [6.07, 6.45) is -4.73. The first-order chi connectivity index (χ1) is 8.88. The van der Waals surface area contributed by atoms with Crippen molar-refractivity contribution >= 4 is 17.3 Å². The molecule has 0 atom stereocenters. The molecule has 7 heteroatoms. The first-order valence-electron chi connectivity index (χ1n) is 5.19. The Bertz CT molecular complexity index is 607. The Hall–Kier alpha value is -1.89. The molecule has 1 N–H and O–H groups in total. The Morgan fingerprint density at radius 1 is 1.37 bits per heavy atom. The molecule has 0 amide bonds. The maximum atomic E-state index is 12.6. The molecule has 0 aliphatic heterocycles. The van der Waals surface area contributed by atoms with Gasteiger partial charge in [0, 0.05) is 0 Å².